The molecule has 6 aromatic rings. The van der Waals surface area contributed by atoms with Crippen molar-refractivity contribution in [2.75, 3.05) is 35.2 Å². The number of benzene rings is 2. The van der Waals surface area contributed by atoms with Crippen molar-refractivity contribution in [2.45, 2.75) is 49.5 Å². The van der Waals surface area contributed by atoms with Gasteiger partial charge in [-0.25, -0.2) is 9.78 Å². The Morgan fingerprint density at radius 1 is 0.981 bits per heavy atom. The highest BCUT2D eigenvalue weighted by Gasteiger charge is 2.47. The van der Waals surface area contributed by atoms with Crippen LogP contribution in [0, 0.1) is 0 Å². The number of ether oxygens (including phenoxy) is 1. The molecule has 0 unspecified atom stereocenters. The lowest BCUT2D eigenvalue weighted by molar-refractivity contribution is -0.0434. The topological polar surface area (TPSA) is 209 Å². The van der Waals surface area contributed by atoms with Crippen molar-refractivity contribution in [1.82, 2.24) is 35.0 Å². The summed E-state index contributed by atoms with van der Waals surface area (Å²) >= 11 is 0. The van der Waals surface area contributed by atoms with Gasteiger partial charge in [0.25, 0.3) is 0 Å². The maximum Gasteiger partial charge on any atom is 0.319 e. The number of aliphatic hydroxyl groups excluding tert-OH is 3. The average Bonchev–Trinajstić information content (AvgIpc) is 4.00. The molecule has 16 nitrogen and oxygen atoms in total. The number of anilines is 3. The van der Waals surface area contributed by atoms with Crippen LogP contribution in [0.1, 0.15) is 47.3 Å². The average molecular weight is 719 g/mol. The number of urea groups is 1. The van der Waals surface area contributed by atoms with Gasteiger partial charge in [0.05, 0.1) is 24.8 Å². The van der Waals surface area contributed by atoms with Gasteiger partial charge in [-0.3, -0.25) is 9.55 Å². The summed E-state index contributed by atoms with van der Waals surface area (Å²) in [5.41, 5.74) is 3.91. The highest BCUT2D eigenvalue weighted by atomic mass is 16.6. The first-order chi connectivity index (χ1) is 25.9. The van der Waals surface area contributed by atoms with Crippen LogP contribution in [0.15, 0.2) is 102 Å². The summed E-state index contributed by atoms with van der Waals surface area (Å²) in [5, 5.41) is 44.9. The fourth-order valence-electron chi connectivity index (χ4n) is 6.86. The SMILES string of the molecule is O=C(Nc1cccnc1)N[C@@H]1CCN(c2nc(NCC(c3ccccc3)c3ccccc3)c3ncn([C@@H]4O[C@H](c5cc(CO)no5)[C@@H](O)[C@H]4O)c3n2)C1. The molecule has 8 rings (SSSR count). The molecule has 5 atom stereocenters. The fourth-order valence-corrected chi connectivity index (χ4v) is 6.86. The van der Waals surface area contributed by atoms with Crippen molar-refractivity contribution in [1.29, 1.82) is 0 Å². The summed E-state index contributed by atoms with van der Waals surface area (Å²) in [6.07, 6.45) is 0.469. The number of aromatic nitrogens is 6. The Kier molecular flexibility index (Phi) is 9.64. The van der Waals surface area contributed by atoms with Crippen LogP contribution in [0.4, 0.5) is 22.2 Å². The first-order valence-electron chi connectivity index (χ1n) is 17.3. The summed E-state index contributed by atoms with van der Waals surface area (Å²) < 4.78 is 13.0. The van der Waals surface area contributed by atoms with Gasteiger partial charge in [-0.05, 0) is 29.7 Å². The largest absolute Gasteiger partial charge is 0.390 e. The molecule has 0 saturated carbocycles. The minimum atomic E-state index is -1.38. The number of hydrogen-bond acceptors (Lipinski definition) is 13. The second-order valence-corrected chi connectivity index (χ2v) is 13.0. The molecule has 16 heteroatoms. The number of fused-ring (bicyclic) bond motifs is 1. The lowest BCUT2D eigenvalue weighted by atomic mass is 9.91. The van der Waals surface area contributed by atoms with Crippen LogP contribution in [-0.2, 0) is 11.3 Å². The minimum Gasteiger partial charge on any atom is -0.390 e. The number of imidazole rings is 1. The number of nitrogens with one attached hydrogen (secondary N) is 3. The van der Waals surface area contributed by atoms with E-state index in [1.807, 2.05) is 41.3 Å². The molecule has 4 aromatic heterocycles. The zero-order chi connectivity index (χ0) is 36.3. The lowest BCUT2D eigenvalue weighted by Gasteiger charge is -2.22. The number of rotatable bonds is 11. The molecule has 272 valence electrons. The standard InChI is InChI=1S/C37H38N10O6/c48-20-26-16-28(53-45-26)32-30(49)31(50)35(52-32)47-21-40-29-33(39-18-27(22-8-3-1-4-9-22)23-10-5-2-6-11-23)43-36(44-34(29)47)46-15-13-25(19-46)42-37(51)41-24-12-7-14-38-17-24/h1-12,14,16-17,21,25,27,30-32,35,48-50H,13,15,18-20H2,(H,39,43,44)(H2,41,42,51)/t25-,30+,31-,32-,35-/m1/s1. The molecular weight excluding hydrogens is 680 g/mol. The predicted octanol–water partition coefficient (Wildman–Crippen LogP) is 3.34. The predicted molar refractivity (Wildman–Crippen MR) is 193 cm³/mol. The van der Waals surface area contributed by atoms with Crippen LogP contribution in [0.2, 0.25) is 0 Å². The van der Waals surface area contributed by atoms with E-state index in [0.717, 1.165) is 11.1 Å². The number of pyridine rings is 1. The van der Waals surface area contributed by atoms with Gasteiger partial charge < -0.3 is 45.4 Å². The summed E-state index contributed by atoms with van der Waals surface area (Å²) in [5.74, 6) is 1.01. The Morgan fingerprint density at radius 3 is 2.45 bits per heavy atom. The van der Waals surface area contributed by atoms with E-state index < -0.39 is 24.5 Å². The molecule has 2 aromatic carbocycles. The van der Waals surface area contributed by atoms with E-state index in [-0.39, 0.29) is 36.1 Å². The van der Waals surface area contributed by atoms with E-state index in [0.29, 0.717) is 54.7 Å². The summed E-state index contributed by atoms with van der Waals surface area (Å²) in [7, 11) is 0. The van der Waals surface area contributed by atoms with Gasteiger partial charge in [-0.2, -0.15) is 9.97 Å². The molecule has 6 heterocycles. The second kappa shape index (κ2) is 15.0. The molecular formula is C37H38N10O6. The molecule has 2 aliphatic heterocycles. The van der Waals surface area contributed by atoms with Gasteiger partial charge in [0.2, 0.25) is 5.95 Å². The molecule has 2 fully saturated rings. The maximum absolute atomic E-state index is 12.8. The van der Waals surface area contributed by atoms with Crippen molar-refractivity contribution < 1.29 is 29.4 Å². The van der Waals surface area contributed by atoms with Gasteiger partial charge >= 0.3 is 6.03 Å². The Labute approximate surface area is 303 Å². The van der Waals surface area contributed by atoms with Gasteiger partial charge in [0.15, 0.2) is 29.0 Å². The Hall–Kier alpha value is -5.94. The van der Waals surface area contributed by atoms with Crippen LogP contribution < -0.4 is 20.9 Å². The summed E-state index contributed by atoms with van der Waals surface area (Å²) in [4.78, 5) is 33.4. The normalized spacial score (nSPS) is 21.4. The van der Waals surface area contributed by atoms with E-state index in [2.05, 4.69) is 55.3 Å². The van der Waals surface area contributed by atoms with Crippen LogP contribution in [-0.4, -0.2) is 88.9 Å². The van der Waals surface area contributed by atoms with Crippen LogP contribution in [0.3, 0.4) is 0 Å². The zero-order valence-corrected chi connectivity index (χ0v) is 28.4. The van der Waals surface area contributed by atoms with Gasteiger partial charge in [0.1, 0.15) is 24.0 Å². The molecule has 0 radical (unpaired) electrons. The summed E-state index contributed by atoms with van der Waals surface area (Å²) in [6.45, 7) is 1.14. The third-order valence-corrected chi connectivity index (χ3v) is 9.54. The molecule has 53 heavy (non-hydrogen) atoms. The van der Waals surface area contributed by atoms with Crippen LogP contribution >= 0.6 is 0 Å². The van der Waals surface area contributed by atoms with E-state index in [1.165, 1.54) is 12.4 Å². The first-order valence-corrected chi connectivity index (χ1v) is 17.3. The molecule has 0 spiro atoms. The number of aliphatic hydroxyl groups is 3. The van der Waals surface area contributed by atoms with Gasteiger partial charge in [0, 0.05) is 43.9 Å². The van der Waals surface area contributed by atoms with E-state index in [1.54, 1.807) is 29.1 Å². The van der Waals surface area contributed by atoms with Crippen LogP contribution in [0.25, 0.3) is 11.2 Å². The molecule has 0 aliphatic carbocycles. The van der Waals surface area contributed by atoms with E-state index in [9.17, 15) is 20.1 Å². The summed E-state index contributed by atoms with van der Waals surface area (Å²) in [6, 6.07) is 24.9. The number of hydrogen-bond donors (Lipinski definition) is 6. The van der Waals surface area contributed by atoms with Crippen molar-refractivity contribution in [3.8, 4) is 0 Å². The third kappa shape index (κ3) is 7.12. The third-order valence-electron chi connectivity index (χ3n) is 9.54. The van der Waals surface area contributed by atoms with Crippen LogP contribution in [0.5, 0.6) is 0 Å². The smallest absolute Gasteiger partial charge is 0.319 e. The molecule has 6 N–H and O–H groups in total. The fraction of sp³-hybridized carbons (Fsp3) is 0.297. The van der Waals surface area contributed by atoms with E-state index in [4.69, 9.17) is 19.2 Å². The molecule has 2 saturated heterocycles. The Balaban J connectivity index is 1.10. The highest BCUT2D eigenvalue weighted by molar-refractivity contribution is 5.89. The number of amides is 2. The highest BCUT2D eigenvalue weighted by Crippen LogP contribution is 2.41. The first kappa shape index (κ1) is 34.2. The number of nitrogens with zero attached hydrogens (tertiary/aromatic N) is 7. The molecule has 2 aliphatic rings. The van der Waals surface area contributed by atoms with Crippen molar-refractivity contribution >= 4 is 34.6 Å². The quantitative estimate of drug-likeness (QED) is 0.114. The van der Waals surface area contributed by atoms with Gasteiger partial charge in [-0.15, -0.1) is 0 Å². The van der Waals surface area contributed by atoms with E-state index >= 15 is 0 Å². The van der Waals surface area contributed by atoms with Crippen molar-refractivity contribution in [2.24, 2.45) is 0 Å². The minimum absolute atomic E-state index is 0.0201. The maximum atomic E-state index is 12.8. The molecule has 0 bridgehead atoms. The Morgan fingerprint density at radius 2 is 1.75 bits per heavy atom. The van der Waals surface area contributed by atoms with Gasteiger partial charge in [-0.1, -0.05) is 65.8 Å². The number of carbonyl (C=O) groups excluding carboxylic acids is 1. The lowest BCUT2D eigenvalue weighted by Crippen LogP contribution is -2.40. The zero-order valence-electron chi connectivity index (χ0n) is 28.4. The Bertz CT molecular complexity index is 2110. The van der Waals surface area contributed by atoms with Crippen molar-refractivity contribution in [3.05, 3.63) is 120 Å². The monoisotopic (exact) mass is 718 g/mol. The van der Waals surface area contributed by atoms with Crippen molar-refractivity contribution in [3.63, 3.8) is 0 Å². The second-order valence-electron chi connectivity index (χ2n) is 13.0. The molecule has 2 amide bonds. The number of carbonyl (C=O) groups is 1.